The average molecular weight is 602 g/mol. The van der Waals surface area contributed by atoms with Gasteiger partial charge in [-0.15, -0.1) is 0 Å². The number of hydrogen-bond donors (Lipinski definition) is 4. The fourth-order valence-corrected chi connectivity index (χ4v) is 11.5. The van der Waals surface area contributed by atoms with E-state index < -0.39 is 11.5 Å². The van der Waals surface area contributed by atoms with Crippen molar-refractivity contribution < 1.29 is 19.4 Å². The molecule has 0 amide bonds. The van der Waals surface area contributed by atoms with Gasteiger partial charge in [-0.1, -0.05) is 74.0 Å². The number of carboxylic acids is 1. The summed E-state index contributed by atoms with van der Waals surface area (Å²) in [5, 5.41) is 10.9. The van der Waals surface area contributed by atoms with Crippen LogP contribution in [0.25, 0.3) is 0 Å². The molecule has 1 saturated heterocycles. The highest BCUT2D eigenvalue weighted by Crippen LogP contribution is 2.74. The molecule has 43 heavy (non-hydrogen) atoms. The molecule has 6 N–H and O–H groups in total. The molecule has 4 fully saturated rings. The van der Waals surface area contributed by atoms with Crippen LogP contribution in [0, 0.1) is 62.6 Å². The third kappa shape index (κ3) is 4.56. The first kappa shape index (κ1) is 33.4. The number of nitrogens with two attached hydrogens (primary N) is 2. The number of nitrogens with one attached hydrogen (secondary N) is 1. The third-order valence-electron chi connectivity index (χ3n) is 15.2. The molecular weight excluding hydrogens is 538 g/mol. The van der Waals surface area contributed by atoms with Gasteiger partial charge in [0.05, 0.1) is 31.8 Å². The van der Waals surface area contributed by atoms with Gasteiger partial charge in [-0.3, -0.25) is 16.1 Å². The van der Waals surface area contributed by atoms with Crippen LogP contribution in [-0.2, 0) is 14.3 Å². The Bertz CT molecular complexity index is 1120. The predicted molar refractivity (Wildman–Crippen MR) is 172 cm³/mol. The Morgan fingerprint density at radius 2 is 1.79 bits per heavy atom. The molecule has 0 radical (unpaired) electrons. The van der Waals surface area contributed by atoms with Gasteiger partial charge in [0.15, 0.2) is 0 Å². The lowest BCUT2D eigenvalue weighted by molar-refractivity contribution is -0.246. The molecule has 7 nitrogen and oxygen atoms in total. The Labute approximate surface area is 261 Å². The Hall–Kier alpha value is -0.990. The van der Waals surface area contributed by atoms with Crippen LogP contribution in [-0.4, -0.2) is 48.6 Å². The minimum absolute atomic E-state index is 0.0119. The lowest BCUT2D eigenvalue weighted by Crippen LogP contribution is -2.72. The summed E-state index contributed by atoms with van der Waals surface area (Å²) in [5.74, 6) is 7.18. The molecule has 0 unspecified atom stereocenters. The van der Waals surface area contributed by atoms with Gasteiger partial charge in [-0.05, 0) is 91.3 Å². The molecule has 0 spiro atoms. The van der Waals surface area contributed by atoms with E-state index >= 15 is 0 Å². The molecule has 246 valence electrons. The fraction of sp³-hybridized carbons (Fsp3) is 0.917. The highest BCUT2D eigenvalue weighted by molar-refractivity contribution is 5.73. The van der Waals surface area contributed by atoms with E-state index in [0.29, 0.717) is 49.4 Å². The molecule has 0 aromatic carbocycles. The zero-order valence-corrected chi connectivity index (χ0v) is 28.9. The summed E-state index contributed by atoms with van der Waals surface area (Å²) in [5.41, 5.74) is 10.0. The minimum Gasteiger partial charge on any atom is -0.481 e. The molecule has 5 rings (SSSR count). The number of carboxylic acid groups (broad SMARTS) is 1. The summed E-state index contributed by atoms with van der Waals surface area (Å²) in [4.78, 5) is 13.3. The van der Waals surface area contributed by atoms with Crippen molar-refractivity contribution >= 4 is 5.97 Å². The average Bonchev–Trinajstić information content (AvgIpc) is 2.91. The summed E-state index contributed by atoms with van der Waals surface area (Å²) in [7, 11) is 0. The van der Waals surface area contributed by atoms with Crippen LogP contribution in [0.15, 0.2) is 11.6 Å². The van der Waals surface area contributed by atoms with E-state index in [1.165, 1.54) is 5.57 Å². The van der Waals surface area contributed by atoms with Crippen LogP contribution in [0.1, 0.15) is 108 Å². The first-order valence-corrected chi connectivity index (χ1v) is 17.2. The number of fused-ring (bicyclic) bond motifs is 3. The van der Waals surface area contributed by atoms with Gasteiger partial charge < -0.3 is 20.3 Å². The Morgan fingerprint density at radius 1 is 1.12 bits per heavy atom. The molecule has 1 aliphatic heterocycles. The van der Waals surface area contributed by atoms with E-state index in [4.69, 9.17) is 21.1 Å². The molecule has 3 saturated carbocycles. The summed E-state index contributed by atoms with van der Waals surface area (Å²) in [6, 6.07) is -0.0119. The maximum Gasteiger partial charge on any atom is 0.307 e. The zero-order chi connectivity index (χ0) is 32.0. The van der Waals surface area contributed by atoms with Crippen LogP contribution in [0.3, 0.4) is 0 Å². The van der Waals surface area contributed by atoms with Gasteiger partial charge in [-0.25, -0.2) is 0 Å². The summed E-state index contributed by atoms with van der Waals surface area (Å²) in [6.07, 6.45) is 8.30. The van der Waals surface area contributed by atoms with E-state index in [0.717, 1.165) is 38.5 Å². The number of carbonyl (C=O) groups is 1. The number of hydrogen-bond acceptors (Lipinski definition) is 6. The van der Waals surface area contributed by atoms with Gasteiger partial charge in [0, 0.05) is 22.4 Å². The first-order valence-electron chi connectivity index (χ1n) is 17.2. The van der Waals surface area contributed by atoms with Crippen molar-refractivity contribution in [2.75, 3.05) is 19.8 Å². The number of ether oxygens (including phenoxy) is 2. The molecule has 1 heterocycles. The minimum atomic E-state index is -0.612. The predicted octanol–water partition coefficient (Wildman–Crippen LogP) is 6.17. The maximum absolute atomic E-state index is 13.3. The van der Waals surface area contributed by atoms with Gasteiger partial charge in [0.2, 0.25) is 0 Å². The number of rotatable bonds is 8. The highest BCUT2D eigenvalue weighted by Gasteiger charge is 2.71. The maximum atomic E-state index is 13.3. The molecule has 0 aromatic heterocycles. The summed E-state index contributed by atoms with van der Waals surface area (Å²) < 4.78 is 13.4. The fourth-order valence-electron chi connectivity index (χ4n) is 11.5. The van der Waals surface area contributed by atoms with Crippen molar-refractivity contribution in [3.8, 4) is 0 Å². The van der Waals surface area contributed by atoms with Gasteiger partial charge >= 0.3 is 5.97 Å². The molecule has 2 bridgehead atoms. The summed E-state index contributed by atoms with van der Waals surface area (Å²) in [6.45, 7) is 24.4. The molecular formula is C36H63N3O4. The Kier molecular flexibility index (Phi) is 8.37. The van der Waals surface area contributed by atoms with Crippen molar-refractivity contribution in [2.24, 2.45) is 74.2 Å². The van der Waals surface area contributed by atoms with Gasteiger partial charge in [-0.2, -0.15) is 0 Å². The van der Waals surface area contributed by atoms with E-state index in [1.54, 1.807) is 0 Å². The molecule has 5 aliphatic rings. The topological polar surface area (TPSA) is 120 Å². The van der Waals surface area contributed by atoms with Crippen LogP contribution in [0.2, 0.25) is 0 Å². The quantitative estimate of drug-likeness (QED) is 0.149. The van der Waals surface area contributed by atoms with Crippen LogP contribution >= 0.6 is 0 Å². The van der Waals surface area contributed by atoms with Crippen molar-refractivity contribution in [3.05, 3.63) is 11.6 Å². The Morgan fingerprint density at radius 3 is 2.37 bits per heavy atom. The van der Waals surface area contributed by atoms with Gasteiger partial charge in [0.1, 0.15) is 0 Å². The lowest BCUT2D eigenvalue weighted by Gasteiger charge is -2.71. The molecule has 4 aliphatic carbocycles. The van der Waals surface area contributed by atoms with E-state index in [9.17, 15) is 9.90 Å². The smallest absolute Gasteiger partial charge is 0.307 e. The van der Waals surface area contributed by atoms with E-state index in [1.807, 2.05) is 0 Å². The Balaban J connectivity index is 1.55. The van der Waals surface area contributed by atoms with E-state index in [2.05, 4.69) is 80.7 Å². The number of hydrazine groups is 1. The molecule has 0 aromatic rings. The normalized spacial score (nSPS) is 48.0. The van der Waals surface area contributed by atoms with E-state index in [-0.39, 0.29) is 45.1 Å². The second kappa shape index (κ2) is 10.8. The van der Waals surface area contributed by atoms with Crippen molar-refractivity contribution in [1.29, 1.82) is 0 Å². The number of allylic oxidation sites excluding steroid dienone is 1. The van der Waals surface area contributed by atoms with Crippen molar-refractivity contribution in [3.63, 3.8) is 0 Å². The van der Waals surface area contributed by atoms with Crippen molar-refractivity contribution in [2.45, 2.75) is 125 Å². The largest absolute Gasteiger partial charge is 0.481 e. The number of aliphatic carboxylic acids is 1. The van der Waals surface area contributed by atoms with Crippen LogP contribution in [0.5, 0.6) is 0 Å². The second-order valence-corrected chi connectivity index (χ2v) is 17.7. The lowest BCUT2D eigenvalue weighted by atomic mass is 9.34. The van der Waals surface area contributed by atoms with Crippen LogP contribution < -0.4 is 17.0 Å². The standard InChI is InChI=1S/C36H63N3O4/c1-21(2)23(5)31(6)15-16-33(8)24-11-12-27-32(7)18-42-20-36(27,25(24)13-14-34(33,9)28(31)30(40)41)17-26(39-38)29(32)43-19-35(10,37)22(3)4/h13,21-24,26-29,39H,11-12,14-20,37-38H2,1-10H3,(H,40,41)/t23-,24+,26-,27+,28-,29+,31-,32+,33-,34+,35+,36+/m1/s1. The first-order chi connectivity index (χ1) is 19.9. The van der Waals surface area contributed by atoms with Crippen LogP contribution in [0.4, 0.5) is 0 Å². The molecule has 7 heteroatoms. The zero-order valence-electron chi connectivity index (χ0n) is 28.9. The molecule has 12 atom stereocenters. The monoisotopic (exact) mass is 601 g/mol. The summed E-state index contributed by atoms with van der Waals surface area (Å²) >= 11 is 0. The SMILES string of the molecule is CC(C)[C@@H](C)[C@@]1(C)CC[C@]2(C)[C@H]3CC[C@@H]4[C@@]5(COC[C@]4(C)[C@@H](OC[C@](C)(N)C(C)C)[C@H](NN)C5)C3=CC[C@@]2(C)[C@@H]1C(=O)O. The highest BCUT2D eigenvalue weighted by atomic mass is 16.5. The van der Waals surface area contributed by atoms with Gasteiger partial charge in [0.25, 0.3) is 0 Å². The third-order valence-corrected chi connectivity index (χ3v) is 15.2. The second-order valence-electron chi connectivity index (χ2n) is 17.7. The van der Waals surface area contributed by atoms with Crippen molar-refractivity contribution in [1.82, 2.24) is 5.43 Å².